The summed E-state index contributed by atoms with van der Waals surface area (Å²) in [6.45, 7) is 8.99. The zero-order valence-corrected chi connectivity index (χ0v) is 16.2. The smallest absolute Gasteiger partial charge is 0.246 e. The molecule has 0 bridgehead atoms. The van der Waals surface area contributed by atoms with Crippen molar-refractivity contribution in [1.82, 2.24) is 10.1 Å². The molecule has 0 spiro atoms. The minimum Gasteiger partial charge on any atom is -0.353 e. The number of nitrogens with zero attached hydrogens (tertiary/aromatic N) is 2. The summed E-state index contributed by atoms with van der Waals surface area (Å²) in [5.41, 5.74) is -0.255. The Labute approximate surface area is 150 Å². The van der Waals surface area contributed by atoms with Crippen LogP contribution in [0.4, 0.5) is 5.88 Å². The molecule has 1 unspecified atom stereocenters. The Kier molecular flexibility index (Phi) is 6.24. The van der Waals surface area contributed by atoms with E-state index < -0.39 is 5.54 Å². The van der Waals surface area contributed by atoms with Crippen molar-refractivity contribution < 1.29 is 18.8 Å². The van der Waals surface area contributed by atoms with Crippen molar-refractivity contribution in [3.8, 4) is 0 Å². The Bertz CT molecular complexity index is 575. The molecule has 2 heterocycles. The molecule has 0 aliphatic carbocycles. The van der Waals surface area contributed by atoms with E-state index in [1.165, 1.54) is 0 Å². The Morgan fingerprint density at radius 2 is 2.08 bits per heavy atom. The van der Waals surface area contributed by atoms with Crippen molar-refractivity contribution in [1.29, 1.82) is 0 Å². The van der Waals surface area contributed by atoms with Crippen LogP contribution in [-0.2, 0) is 19.7 Å². The van der Waals surface area contributed by atoms with Gasteiger partial charge in [-0.05, 0) is 47.2 Å². The predicted octanol–water partition coefficient (Wildman–Crippen LogP) is 2.77. The van der Waals surface area contributed by atoms with E-state index >= 15 is 0 Å². The number of amides is 1. The van der Waals surface area contributed by atoms with Crippen molar-refractivity contribution in [2.24, 2.45) is 0 Å². The lowest BCUT2D eigenvalue weighted by Crippen LogP contribution is -2.48. The summed E-state index contributed by atoms with van der Waals surface area (Å²) >= 11 is 0. The molecule has 142 valence electrons. The third-order valence-corrected chi connectivity index (χ3v) is 4.88. The lowest BCUT2D eigenvalue weighted by Gasteiger charge is -2.30. The molecule has 1 N–H and O–H groups in total. The second-order valence-electron chi connectivity index (χ2n) is 7.97. The highest BCUT2D eigenvalue weighted by Crippen LogP contribution is 2.27. The summed E-state index contributed by atoms with van der Waals surface area (Å²) in [7, 11) is 3.72. The summed E-state index contributed by atoms with van der Waals surface area (Å²) in [5.74, 6) is 0.196. The molecule has 1 aromatic rings. The van der Waals surface area contributed by atoms with Gasteiger partial charge in [0.25, 0.3) is 0 Å². The molecule has 1 aliphatic rings. The van der Waals surface area contributed by atoms with Crippen LogP contribution in [0.15, 0.2) is 10.6 Å². The van der Waals surface area contributed by atoms with Gasteiger partial charge >= 0.3 is 0 Å². The van der Waals surface area contributed by atoms with Crippen molar-refractivity contribution in [3.05, 3.63) is 11.8 Å². The maximum Gasteiger partial charge on any atom is 0.246 e. The van der Waals surface area contributed by atoms with Gasteiger partial charge in [-0.25, -0.2) is 0 Å². The predicted molar refractivity (Wildman–Crippen MR) is 95.5 cm³/mol. The van der Waals surface area contributed by atoms with Crippen LogP contribution in [0.2, 0.25) is 0 Å². The van der Waals surface area contributed by atoms with E-state index in [-0.39, 0.29) is 17.6 Å². The van der Waals surface area contributed by atoms with Crippen molar-refractivity contribution >= 4 is 11.8 Å². The lowest BCUT2D eigenvalue weighted by atomic mass is 9.90. The molecule has 1 saturated heterocycles. The Balaban J connectivity index is 1.95. The van der Waals surface area contributed by atoms with E-state index in [9.17, 15) is 4.79 Å². The van der Waals surface area contributed by atoms with Crippen molar-refractivity contribution in [2.75, 3.05) is 32.6 Å². The fraction of sp³-hybridized carbons (Fsp3) is 0.778. The highest BCUT2D eigenvalue weighted by molar-refractivity contribution is 5.96. The van der Waals surface area contributed by atoms with Gasteiger partial charge in [0.05, 0.1) is 17.8 Å². The molecule has 1 amide bonds. The summed E-state index contributed by atoms with van der Waals surface area (Å²) in [4.78, 5) is 14.2. The fourth-order valence-electron chi connectivity index (χ4n) is 2.34. The van der Waals surface area contributed by atoms with E-state index in [0.717, 1.165) is 31.6 Å². The molecule has 1 aliphatic heterocycles. The molecule has 7 heteroatoms. The van der Waals surface area contributed by atoms with Crippen molar-refractivity contribution in [3.63, 3.8) is 0 Å². The van der Waals surface area contributed by atoms with Crippen molar-refractivity contribution in [2.45, 2.75) is 64.2 Å². The van der Waals surface area contributed by atoms with Gasteiger partial charge in [0.2, 0.25) is 11.8 Å². The molecule has 1 atom stereocenters. The lowest BCUT2D eigenvalue weighted by molar-refractivity contribution is -0.170. The van der Waals surface area contributed by atoms with Crippen LogP contribution in [0, 0.1) is 0 Å². The number of anilines is 1. The zero-order chi connectivity index (χ0) is 18.7. The standard InChI is InChI=1S/C18H31N3O4/c1-17(2,12-24-15-9-7-8-10-23-15)13-11-14(25-20-13)19-16(22)18(3,4)21(5)6/h11,15H,7-10,12H2,1-6H3,(H,19,22). The van der Waals surface area contributed by atoms with Gasteiger partial charge in [-0.3, -0.25) is 15.0 Å². The quantitative estimate of drug-likeness (QED) is 0.812. The Morgan fingerprint density at radius 3 is 2.68 bits per heavy atom. The Hall–Kier alpha value is -1.44. The van der Waals surface area contributed by atoms with Crippen LogP contribution in [0.1, 0.15) is 52.7 Å². The molecule has 7 nitrogen and oxygen atoms in total. The maximum atomic E-state index is 12.4. The number of hydrogen-bond donors (Lipinski definition) is 1. The second-order valence-corrected chi connectivity index (χ2v) is 7.97. The zero-order valence-electron chi connectivity index (χ0n) is 16.2. The molecule has 2 rings (SSSR count). The molecule has 0 saturated carbocycles. The van der Waals surface area contributed by atoms with Gasteiger partial charge < -0.3 is 14.0 Å². The highest BCUT2D eigenvalue weighted by atomic mass is 16.7. The molecule has 0 aromatic carbocycles. The van der Waals surface area contributed by atoms with Crippen LogP contribution in [0.25, 0.3) is 0 Å². The summed E-state index contributed by atoms with van der Waals surface area (Å²) < 4.78 is 16.8. The number of carbonyl (C=O) groups is 1. The molecule has 0 radical (unpaired) electrons. The molecule has 25 heavy (non-hydrogen) atoms. The van der Waals surface area contributed by atoms with Crippen LogP contribution in [-0.4, -0.2) is 55.1 Å². The van der Waals surface area contributed by atoms with Crippen LogP contribution in [0.5, 0.6) is 0 Å². The maximum absolute atomic E-state index is 12.4. The van der Waals surface area contributed by atoms with Gasteiger partial charge in [0, 0.05) is 18.1 Å². The number of ether oxygens (including phenoxy) is 2. The number of aromatic nitrogens is 1. The highest BCUT2D eigenvalue weighted by Gasteiger charge is 2.32. The van der Waals surface area contributed by atoms with Crippen LogP contribution < -0.4 is 5.32 Å². The fourth-order valence-corrected chi connectivity index (χ4v) is 2.34. The van der Waals surface area contributed by atoms with Gasteiger partial charge in [-0.15, -0.1) is 0 Å². The molecule has 1 aromatic heterocycles. The van der Waals surface area contributed by atoms with E-state index in [4.69, 9.17) is 14.0 Å². The first-order valence-corrected chi connectivity index (χ1v) is 8.82. The van der Waals surface area contributed by atoms with Gasteiger partial charge in [-0.2, -0.15) is 0 Å². The van der Waals surface area contributed by atoms with E-state index in [1.807, 2.05) is 46.7 Å². The summed E-state index contributed by atoms with van der Waals surface area (Å²) in [5, 5.41) is 6.89. The first-order chi connectivity index (χ1) is 11.6. The second kappa shape index (κ2) is 7.85. The van der Waals surface area contributed by atoms with Gasteiger partial charge in [0.1, 0.15) is 0 Å². The topological polar surface area (TPSA) is 76.8 Å². The minimum absolute atomic E-state index is 0.139. The third-order valence-electron chi connectivity index (χ3n) is 4.88. The minimum atomic E-state index is -0.649. The first kappa shape index (κ1) is 19.9. The third kappa shape index (κ3) is 5.03. The number of likely N-dealkylation sites (N-methyl/N-ethyl adjacent to an activating group) is 1. The number of hydrogen-bond acceptors (Lipinski definition) is 6. The van der Waals surface area contributed by atoms with Crippen LogP contribution >= 0.6 is 0 Å². The van der Waals surface area contributed by atoms with E-state index in [2.05, 4.69) is 10.5 Å². The summed E-state index contributed by atoms with van der Waals surface area (Å²) in [6, 6.07) is 1.76. The molecule has 1 fully saturated rings. The van der Waals surface area contributed by atoms with Gasteiger partial charge in [0.15, 0.2) is 6.29 Å². The van der Waals surface area contributed by atoms with E-state index in [0.29, 0.717) is 12.5 Å². The summed E-state index contributed by atoms with van der Waals surface area (Å²) in [6.07, 6.45) is 3.02. The van der Waals surface area contributed by atoms with Gasteiger partial charge in [-0.1, -0.05) is 19.0 Å². The first-order valence-electron chi connectivity index (χ1n) is 8.82. The number of rotatable bonds is 7. The molecular formula is C18H31N3O4. The average Bonchev–Trinajstić information content (AvgIpc) is 3.03. The number of carbonyl (C=O) groups excluding carboxylic acids is 1. The average molecular weight is 353 g/mol. The van der Waals surface area contributed by atoms with E-state index in [1.54, 1.807) is 6.07 Å². The molecular weight excluding hydrogens is 322 g/mol. The SMILES string of the molecule is CN(C)C(C)(C)C(=O)Nc1cc(C(C)(C)COC2CCCCO2)no1. The largest absolute Gasteiger partial charge is 0.353 e. The monoisotopic (exact) mass is 353 g/mol. The van der Waals surface area contributed by atoms with Crippen LogP contribution in [0.3, 0.4) is 0 Å². The normalized spacial score (nSPS) is 19.2. The Morgan fingerprint density at radius 1 is 1.36 bits per heavy atom. The number of nitrogens with one attached hydrogen (secondary N) is 1.